The molecule has 3 saturated heterocycles. The Hall–Kier alpha value is -1.50. The number of nitrogens with one attached hydrogen (secondary N) is 1. The smallest absolute Gasteiger partial charge is 0.193 e. The highest BCUT2D eigenvalue weighted by Gasteiger charge is 2.27. The molecule has 3 fully saturated rings. The van der Waals surface area contributed by atoms with E-state index in [0.29, 0.717) is 0 Å². The van der Waals surface area contributed by atoms with Gasteiger partial charge < -0.3 is 20.0 Å². The first-order chi connectivity index (χ1) is 15.2. The fourth-order valence-corrected chi connectivity index (χ4v) is 5.43. The number of piperazine rings is 1. The van der Waals surface area contributed by atoms with Crippen molar-refractivity contribution in [2.24, 2.45) is 10.9 Å². The number of anilines is 1. The van der Waals surface area contributed by atoms with Gasteiger partial charge in [-0.25, -0.2) is 0 Å². The Balaban J connectivity index is 1.11. The Morgan fingerprint density at radius 3 is 2.61 bits per heavy atom. The van der Waals surface area contributed by atoms with Crippen LogP contribution in [0.25, 0.3) is 0 Å². The summed E-state index contributed by atoms with van der Waals surface area (Å²) < 4.78 is 0. The summed E-state index contributed by atoms with van der Waals surface area (Å²) in [5.41, 5.74) is 1.24. The molecule has 0 amide bonds. The van der Waals surface area contributed by atoms with E-state index in [1.54, 1.807) is 0 Å². The lowest BCUT2D eigenvalue weighted by molar-refractivity contribution is 0.255. The van der Waals surface area contributed by atoms with Crippen LogP contribution in [0.2, 0.25) is 5.02 Å². The highest BCUT2D eigenvalue weighted by atomic mass is 35.5. The number of likely N-dealkylation sites (tertiary alicyclic amines) is 2. The fraction of sp³-hybridized carbons (Fsp3) is 0.708. The molecule has 3 aliphatic rings. The second kappa shape index (κ2) is 11.4. The molecular formula is C24H39ClN6. The highest BCUT2D eigenvalue weighted by molar-refractivity contribution is 6.30. The van der Waals surface area contributed by atoms with E-state index in [-0.39, 0.29) is 0 Å². The maximum atomic E-state index is 6.15. The van der Waals surface area contributed by atoms with Gasteiger partial charge in [-0.2, -0.15) is 0 Å². The van der Waals surface area contributed by atoms with Crippen LogP contribution in [-0.2, 0) is 0 Å². The molecule has 1 unspecified atom stereocenters. The third kappa shape index (κ3) is 6.50. The van der Waals surface area contributed by atoms with Crippen molar-refractivity contribution in [2.75, 3.05) is 83.9 Å². The van der Waals surface area contributed by atoms with Gasteiger partial charge in [-0.3, -0.25) is 9.89 Å². The van der Waals surface area contributed by atoms with Gasteiger partial charge in [0.15, 0.2) is 5.96 Å². The molecule has 0 bridgehead atoms. The molecule has 0 saturated carbocycles. The number of nitrogens with zero attached hydrogens (tertiary/aromatic N) is 5. The lowest BCUT2D eigenvalue weighted by Gasteiger charge is -2.36. The minimum absolute atomic E-state index is 0.799. The Labute approximate surface area is 193 Å². The zero-order valence-electron chi connectivity index (χ0n) is 19.1. The van der Waals surface area contributed by atoms with Gasteiger partial charge in [-0.15, -0.1) is 0 Å². The minimum atomic E-state index is 0.799. The van der Waals surface area contributed by atoms with Crippen LogP contribution in [0.4, 0.5) is 5.69 Å². The number of hydrogen-bond acceptors (Lipinski definition) is 4. The molecule has 1 N–H and O–H groups in total. The van der Waals surface area contributed by atoms with Crippen molar-refractivity contribution < 1.29 is 0 Å². The predicted octanol–water partition coefficient (Wildman–Crippen LogP) is 2.85. The van der Waals surface area contributed by atoms with E-state index in [2.05, 4.69) is 42.0 Å². The normalized spacial score (nSPS) is 23.7. The first kappa shape index (κ1) is 22.7. The Morgan fingerprint density at radius 1 is 1.06 bits per heavy atom. The number of guanidine groups is 1. The molecule has 4 rings (SSSR count). The summed E-state index contributed by atoms with van der Waals surface area (Å²) in [6, 6.07) is 8.21. The lowest BCUT2D eigenvalue weighted by Crippen LogP contribution is -2.47. The lowest BCUT2D eigenvalue weighted by atomic mass is 10.1. The van der Waals surface area contributed by atoms with E-state index in [1.165, 1.54) is 44.6 Å². The summed E-state index contributed by atoms with van der Waals surface area (Å²) in [6.07, 6.45) is 5.22. The zero-order chi connectivity index (χ0) is 21.5. The molecule has 1 aromatic rings. The Morgan fingerprint density at radius 2 is 1.87 bits per heavy atom. The molecule has 0 aromatic heterocycles. The molecule has 0 radical (unpaired) electrons. The number of benzene rings is 1. The zero-order valence-corrected chi connectivity index (χ0v) is 19.9. The quantitative estimate of drug-likeness (QED) is 0.396. The van der Waals surface area contributed by atoms with E-state index in [4.69, 9.17) is 11.6 Å². The van der Waals surface area contributed by atoms with Crippen molar-refractivity contribution in [3.8, 4) is 0 Å². The summed E-state index contributed by atoms with van der Waals surface area (Å²) in [7, 11) is 1.92. The second-order valence-corrected chi connectivity index (χ2v) is 9.68. The van der Waals surface area contributed by atoms with E-state index in [9.17, 15) is 0 Å². The molecule has 1 atom stereocenters. The van der Waals surface area contributed by atoms with Gasteiger partial charge in [0.1, 0.15) is 0 Å². The average Bonchev–Trinajstić information content (AvgIpc) is 3.47. The third-order valence-electron chi connectivity index (χ3n) is 6.99. The van der Waals surface area contributed by atoms with Crippen molar-refractivity contribution in [1.82, 2.24) is 20.0 Å². The van der Waals surface area contributed by atoms with E-state index in [0.717, 1.165) is 75.7 Å². The largest absolute Gasteiger partial charge is 0.369 e. The molecule has 7 heteroatoms. The van der Waals surface area contributed by atoms with Gasteiger partial charge in [0.2, 0.25) is 0 Å². The molecule has 1 aromatic carbocycles. The Bertz CT molecular complexity index is 712. The summed E-state index contributed by atoms with van der Waals surface area (Å²) >= 11 is 6.15. The van der Waals surface area contributed by atoms with E-state index in [1.807, 2.05) is 19.2 Å². The van der Waals surface area contributed by atoms with Crippen LogP contribution in [0.3, 0.4) is 0 Å². The standard InChI is InChI=1S/C24H39ClN6/c1-26-24(31-13-8-21(20-31)19-29-10-2-3-11-29)27-9-5-12-28-14-16-30(17-15-28)23-7-4-6-22(25)18-23/h4,6-7,18,21H,2-3,5,8-17,19-20H2,1H3,(H,26,27). The van der Waals surface area contributed by atoms with Crippen LogP contribution in [0.1, 0.15) is 25.7 Å². The van der Waals surface area contributed by atoms with Crippen LogP contribution in [-0.4, -0.2) is 99.7 Å². The summed E-state index contributed by atoms with van der Waals surface area (Å²) in [6.45, 7) is 12.7. The molecule has 0 spiro atoms. The van der Waals surface area contributed by atoms with Crippen LogP contribution in [0, 0.1) is 5.92 Å². The maximum Gasteiger partial charge on any atom is 0.193 e. The third-order valence-corrected chi connectivity index (χ3v) is 7.23. The van der Waals surface area contributed by atoms with Crippen LogP contribution in [0.5, 0.6) is 0 Å². The first-order valence-corrected chi connectivity index (χ1v) is 12.5. The van der Waals surface area contributed by atoms with Crippen LogP contribution < -0.4 is 10.2 Å². The van der Waals surface area contributed by atoms with Gasteiger partial charge in [-0.05, 0) is 69.4 Å². The van der Waals surface area contributed by atoms with Crippen LogP contribution >= 0.6 is 11.6 Å². The number of rotatable bonds is 7. The van der Waals surface area contributed by atoms with Gasteiger partial charge >= 0.3 is 0 Å². The van der Waals surface area contributed by atoms with Crippen molar-refractivity contribution in [1.29, 1.82) is 0 Å². The summed E-state index contributed by atoms with van der Waals surface area (Å²) in [4.78, 5) is 14.7. The monoisotopic (exact) mass is 446 g/mol. The molecule has 3 aliphatic heterocycles. The van der Waals surface area contributed by atoms with Crippen molar-refractivity contribution >= 4 is 23.2 Å². The van der Waals surface area contributed by atoms with Gasteiger partial charge in [0.25, 0.3) is 0 Å². The number of hydrogen-bond donors (Lipinski definition) is 1. The van der Waals surface area contributed by atoms with Crippen molar-refractivity contribution in [3.05, 3.63) is 29.3 Å². The van der Waals surface area contributed by atoms with Crippen molar-refractivity contribution in [2.45, 2.75) is 25.7 Å². The summed E-state index contributed by atoms with van der Waals surface area (Å²) in [5, 5.41) is 4.44. The Kier molecular flexibility index (Phi) is 8.34. The number of aliphatic imine (C=N–C) groups is 1. The molecule has 31 heavy (non-hydrogen) atoms. The molecule has 6 nitrogen and oxygen atoms in total. The van der Waals surface area contributed by atoms with Gasteiger partial charge in [0, 0.05) is 70.1 Å². The SMILES string of the molecule is CN=C(NCCCN1CCN(c2cccc(Cl)c2)CC1)N1CCC(CN2CCCC2)C1. The minimum Gasteiger partial charge on any atom is -0.369 e. The van der Waals surface area contributed by atoms with Gasteiger partial charge in [-0.1, -0.05) is 17.7 Å². The average molecular weight is 447 g/mol. The molecule has 172 valence electrons. The first-order valence-electron chi connectivity index (χ1n) is 12.1. The second-order valence-electron chi connectivity index (χ2n) is 9.24. The predicted molar refractivity (Wildman–Crippen MR) is 131 cm³/mol. The summed E-state index contributed by atoms with van der Waals surface area (Å²) in [5.74, 6) is 1.89. The van der Waals surface area contributed by atoms with Crippen molar-refractivity contribution in [3.63, 3.8) is 0 Å². The van der Waals surface area contributed by atoms with E-state index >= 15 is 0 Å². The van der Waals surface area contributed by atoms with Gasteiger partial charge in [0.05, 0.1) is 0 Å². The van der Waals surface area contributed by atoms with E-state index < -0.39 is 0 Å². The molecule has 3 heterocycles. The fourth-order valence-electron chi connectivity index (χ4n) is 5.24. The topological polar surface area (TPSA) is 37.4 Å². The molecule has 0 aliphatic carbocycles. The maximum absolute atomic E-state index is 6.15. The van der Waals surface area contributed by atoms with Crippen LogP contribution in [0.15, 0.2) is 29.3 Å². The highest BCUT2D eigenvalue weighted by Crippen LogP contribution is 2.21. The molecular weight excluding hydrogens is 408 g/mol. The number of halogens is 1.